The molecule has 8 heteroatoms. The van der Waals surface area contributed by atoms with Crippen molar-refractivity contribution in [2.45, 2.75) is 12.5 Å². The van der Waals surface area contributed by atoms with Gasteiger partial charge in [-0.05, 0) is 12.1 Å². The Labute approximate surface area is 119 Å². The molecule has 114 valence electrons. The molecule has 6 nitrogen and oxygen atoms in total. The molecule has 1 N–H and O–H groups in total. The van der Waals surface area contributed by atoms with Crippen LogP contribution < -0.4 is 5.32 Å². The standard InChI is InChI=1S/C13H13F2NO5/c1-20-11(17)6-10(13(19)21-2)16-12(18)7-3-8(14)5-9(15)4-7/h3-5,10H,6H2,1-2H3,(H,16,18)/t10-/m0/s1. The molecule has 1 atom stereocenters. The average Bonchev–Trinajstić information content (AvgIpc) is 2.44. The molecule has 0 aliphatic rings. The summed E-state index contributed by atoms with van der Waals surface area (Å²) in [7, 11) is 2.18. The number of carbonyl (C=O) groups is 3. The van der Waals surface area contributed by atoms with Crippen LogP contribution in [0.1, 0.15) is 16.8 Å². The highest BCUT2D eigenvalue weighted by atomic mass is 19.1. The fraction of sp³-hybridized carbons (Fsp3) is 0.308. The number of hydrogen-bond acceptors (Lipinski definition) is 5. The van der Waals surface area contributed by atoms with Crippen molar-refractivity contribution in [2.75, 3.05) is 14.2 Å². The fourth-order valence-electron chi connectivity index (χ4n) is 1.51. The van der Waals surface area contributed by atoms with Crippen molar-refractivity contribution >= 4 is 17.8 Å². The van der Waals surface area contributed by atoms with Crippen molar-refractivity contribution < 1.29 is 32.6 Å². The molecule has 1 aromatic rings. The fourth-order valence-corrected chi connectivity index (χ4v) is 1.51. The lowest BCUT2D eigenvalue weighted by Crippen LogP contribution is -2.43. The highest BCUT2D eigenvalue weighted by molar-refractivity contribution is 5.97. The zero-order valence-electron chi connectivity index (χ0n) is 11.3. The van der Waals surface area contributed by atoms with Gasteiger partial charge >= 0.3 is 11.9 Å². The van der Waals surface area contributed by atoms with E-state index in [4.69, 9.17) is 0 Å². The Balaban J connectivity index is 2.89. The molecule has 0 aliphatic heterocycles. The summed E-state index contributed by atoms with van der Waals surface area (Å²) in [5, 5.41) is 2.16. The summed E-state index contributed by atoms with van der Waals surface area (Å²) in [4.78, 5) is 34.5. The number of rotatable bonds is 5. The molecule has 21 heavy (non-hydrogen) atoms. The van der Waals surface area contributed by atoms with E-state index in [1.807, 2.05) is 0 Å². The van der Waals surface area contributed by atoms with Gasteiger partial charge in [0.05, 0.1) is 20.6 Å². The Morgan fingerprint density at radius 3 is 2.14 bits per heavy atom. The van der Waals surface area contributed by atoms with Gasteiger partial charge in [-0.15, -0.1) is 0 Å². The van der Waals surface area contributed by atoms with E-state index >= 15 is 0 Å². The largest absolute Gasteiger partial charge is 0.469 e. The Hall–Kier alpha value is -2.51. The topological polar surface area (TPSA) is 81.7 Å². The quantitative estimate of drug-likeness (QED) is 0.814. The van der Waals surface area contributed by atoms with Crippen LogP contribution in [0.15, 0.2) is 18.2 Å². The van der Waals surface area contributed by atoms with Crippen LogP contribution in [0.25, 0.3) is 0 Å². The molecule has 0 fully saturated rings. The van der Waals surface area contributed by atoms with Gasteiger partial charge in [0.1, 0.15) is 17.7 Å². The number of halogens is 2. The number of benzene rings is 1. The second kappa shape index (κ2) is 7.32. The van der Waals surface area contributed by atoms with Gasteiger partial charge in [0, 0.05) is 11.6 Å². The number of ether oxygens (including phenoxy) is 2. The molecule has 0 saturated carbocycles. The highest BCUT2D eigenvalue weighted by Gasteiger charge is 2.25. The number of esters is 2. The molecule has 1 amide bonds. The zero-order valence-corrected chi connectivity index (χ0v) is 11.3. The number of carbonyl (C=O) groups excluding carboxylic acids is 3. The zero-order chi connectivity index (χ0) is 16.0. The third kappa shape index (κ3) is 4.83. The van der Waals surface area contributed by atoms with E-state index in [0.29, 0.717) is 6.07 Å². The van der Waals surface area contributed by atoms with E-state index in [0.717, 1.165) is 26.4 Å². The van der Waals surface area contributed by atoms with E-state index in [2.05, 4.69) is 14.8 Å². The third-order valence-electron chi connectivity index (χ3n) is 2.51. The summed E-state index contributed by atoms with van der Waals surface area (Å²) in [6.45, 7) is 0. The number of hydrogen-bond donors (Lipinski definition) is 1. The molecule has 0 aromatic heterocycles. The molecule has 0 unspecified atom stereocenters. The van der Waals surface area contributed by atoms with Crippen LogP contribution in [-0.2, 0) is 19.1 Å². The monoisotopic (exact) mass is 301 g/mol. The molecule has 0 bridgehead atoms. The lowest BCUT2D eigenvalue weighted by molar-refractivity contribution is -0.149. The lowest BCUT2D eigenvalue weighted by atomic mass is 10.1. The first-order valence-electron chi connectivity index (χ1n) is 5.79. The molecule has 1 aromatic carbocycles. The maximum Gasteiger partial charge on any atom is 0.328 e. The van der Waals surface area contributed by atoms with E-state index in [1.54, 1.807) is 0 Å². The molecule has 0 spiro atoms. The van der Waals surface area contributed by atoms with E-state index in [1.165, 1.54) is 0 Å². The van der Waals surface area contributed by atoms with Gasteiger partial charge in [-0.3, -0.25) is 9.59 Å². The summed E-state index contributed by atoms with van der Waals surface area (Å²) >= 11 is 0. The van der Waals surface area contributed by atoms with Gasteiger partial charge in [-0.25, -0.2) is 13.6 Å². The minimum atomic E-state index is -1.32. The summed E-state index contributed by atoms with van der Waals surface area (Å²) in [6, 6.07) is 0.875. The molecular weight excluding hydrogens is 288 g/mol. The molecular formula is C13H13F2NO5. The smallest absolute Gasteiger partial charge is 0.328 e. The number of nitrogens with one attached hydrogen (secondary N) is 1. The third-order valence-corrected chi connectivity index (χ3v) is 2.51. The van der Waals surface area contributed by atoms with Crippen LogP contribution in [-0.4, -0.2) is 38.1 Å². The van der Waals surface area contributed by atoms with Gasteiger partial charge in [0.15, 0.2) is 0 Å². The second-order valence-corrected chi connectivity index (χ2v) is 3.99. The van der Waals surface area contributed by atoms with Crippen LogP contribution >= 0.6 is 0 Å². The molecule has 0 saturated heterocycles. The maximum atomic E-state index is 13.0. The van der Waals surface area contributed by atoms with E-state index in [9.17, 15) is 23.2 Å². The van der Waals surface area contributed by atoms with Crippen molar-refractivity contribution in [1.29, 1.82) is 0 Å². The summed E-state index contributed by atoms with van der Waals surface area (Å²) in [6.07, 6.45) is -0.466. The van der Waals surface area contributed by atoms with Crippen LogP contribution in [0.5, 0.6) is 0 Å². The van der Waals surface area contributed by atoms with Crippen LogP contribution in [0.3, 0.4) is 0 Å². The van der Waals surface area contributed by atoms with Gasteiger partial charge in [-0.1, -0.05) is 0 Å². The molecule has 0 aliphatic carbocycles. The number of methoxy groups -OCH3 is 2. The maximum absolute atomic E-state index is 13.0. The Bertz CT molecular complexity index is 541. The Morgan fingerprint density at radius 2 is 1.67 bits per heavy atom. The minimum Gasteiger partial charge on any atom is -0.469 e. The van der Waals surface area contributed by atoms with Crippen LogP contribution in [0.4, 0.5) is 8.78 Å². The van der Waals surface area contributed by atoms with Crippen molar-refractivity contribution in [3.63, 3.8) is 0 Å². The second-order valence-electron chi connectivity index (χ2n) is 3.99. The Kier molecular flexibility index (Phi) is 5.77. The van der Waals surface area contributed by atoms with Gasteiger partial charge in [-0.2, -0.15) is 0 Å². The van der Waals surface area contributed by atoms with Crippen molar-refractivity contribution in [3.05, 3.63) is 35.4 Å². The normalized spacial score (nSPS) is 11.4. The van der Waals surface area contributed by atoms with E-state index < -0.39 is 41.9 Å². The predicted molar refractivity (Wildman–Crippen MR) is 66.3 cm³/mol. The minimum absolute atomic E-state index is 0.328. The summed E-state index contributed by atoms with van der Waals surface area (Å²) < 4.78 is 34.9. The average molecular weight is 301 g/mol. The molecule has 0 heterocycles. The van der Waals surface area contributed by atoms with Crippen molar-refractivity contribution in [2.24, 2.45) is 0 Å². The number of amides is 1. The van der Waals surface area contributed by atoms with Gasteiger partial charge in [0.25, 0.3) is 5.91 Å². The Morgan fingerprint density at radius 1 is 1.10 bits per heavy atom. The summed E-state index contributed by atoms with van der Waals surface area (Å²) in [5.74, 6) is -4.44. The first-order valence-corrected chi connectivity index (χ1v) is 5.79. The molecule has 0 radical (unpaired) electrons. The highest BCUT2D eigenvalue weighted by Crippen LogP contribution is 2.09. The summed E-state index contributed by atoms with van der Waals surface area (Å²) in [5.41, 5.74) is -0.328. The molecule has 1 rings (SSSR count). The first kappa shape index (κ1) is 16.5. The SMILES string of the molecule is COC(=O)C[C@H](NC(=O)c1cc(F)cc(F)c1)C(=O)OC. The van der Waals surface area contributed by atoms with E-state index in [-0.39, 0.29) is 5.56 Å². The van der Waals surface area contributed by atoms with Gasteiger partial charge in [0.2, 0.25) is 0 Å². The van der Waals surface area contributed by atoms with Crippen LogP contribution in [0.2, 0.25) is 0 Å². The van der Waals surface area contributed by atoms with Crippen molar-refractivity contribution in [1.82, 2.24) is 5.32 Å². The van der Waals surface area contributed by atoms with Crippen molar-refractivity contribution in [3.8, 4) is 0 Å². The first-order chi connectivity index (χ1) is 9.87. The van der Waals surface area contributed by atoms with Crippen LogP contribution in [0, 0.1) is 11.6 Å². The lowest BCUT2D eigenvalue weighted by Gasteiger charge is -2.15. The van der Waals surface area contributed by atoms with Gasteiger partial charge < -0.3 is 14.8 Å². The predicted octanol–water partition coefficient (Wildman–Crippen LogP) is 0.799.